The maximum absolute atomic E-state index is 5.31. The van der Waals surface area contributed by atoms with E-state index in [1.807, 2.05) is 31.2 Å². The molecule has 3 nitrogen and oxygen atoms in total. The second-order valence-electron chi connectivity index (χ2n) is 7.09. The van der Waals surface area contributed by atoms with E-state index in [4.69, 9.17) is 12.2 Å². The molecule has 26 heavy (non-hydrogen) atoms. The summed E-state index contributed by atoms with van der Waals surface area (Å²) in [4.78, 5) is 0. The van der Waals surface area contributed by atoms with Crippen molar-refractivity contribution >= 4 is 28.7 Å². The zero-order chi connectivity index (χ0) is 18.4. The van der Waals surface area contributed by atoms with Crippen LogP contribution in [-0.4, -0.2) is 10.8 Å². The van der Waals surface area contributed by atoms with Crippen LogP contribution in [0.5, 0.6) is 0 Å². The Labute approximate surface area is 161 Å². The van der Waals surface area contributed by atoms with Gasteiger partial charge in [0, 0.05) is 5.69 Å². The van der Waals surface area contributed by atoms with E-state index in [0.29, 0.717) is 5.11 Å². The highest BCUT2D eigenvalue weighted by atomic mass is 32.1. The van der Waals surface area contributed by atoms with Gasteiger partial charge in [-0.25, -0.2) is 0 Å². The fourth-order valence-electron chi connectivity index (χ4n) is 3.43. The van der Waals surface area contributed by atoms with Crippen molar-refractivity contribution in [3.8, 4) is 0 Å². The Balaban J connectivity index is 1.56. The summed E-state index contributed by atoms with van der Waals surface area (Å²) in [6.45, 7) is 4.06. The van der Waals surface area contributed by atoms with Crippen molar-refractivity contribution < 1.29 is 0 Å². The van der Waals surface area contributed by atoms with Crippen LogP contribution < -0.4 is 10.7 Å². The SMILES string of the molecule is C/C(=N\NC(=S)Nc1ccc(C)cc1)c1ccc(C2CCCCC2)cc1. The molecular weight excluding hydrogens is 338 g/mol. The van der Waals surface area contributed by atoms with Crippen molar-refractivity contribution in [3.63, 3.8) is 0 Å². The van der Waals surface area contributed by atoms with Crippen LogP contribution in [0.3, 0.4) is 0 Å². The monoisotopic (exact) mass is 365 g/mol. The number of aryl methyl sites for hydroxylation is 1. The summed E-state index contributed by atoms with van der Waals surface area (Å²) in [5.74, 6) is 0.736. The number of rotatable bonds is 4. The minimum atomic E-state index is 0.493. The lowest BCUT2D eigenvalue weighted by Gasteiger charge is -2.22. The Bertz CT molecular complexity index is 757. The van der Waals surface area contributed by atoms with Gasteiger partial charge in [0.1, 0.15) is 0 Å². The van der Waals surface area contributed by atoms with E-state index in [2.05, 4.69) is 47.0 Å². The van der Waals surface area contributed by atoms with Crippen LogP contribution >= 0.6 is 12.2 Å². The number of hydrogen-bond donors (Lipinski definition) is 2. The van der Waals surface area contributed by atoms with Crippen molar-refractivity contribution in [1.29, 1.82) is 0 Å². The molecule has 1 fully saturated rings. The predicted octanol–water partition coefficient (Wildman–Crippen LogP) is 5.75. The van der Waals surface area contributed by atoms with Crippen molar-refractivity contribution in [2.24, 2.45) is 5.10 Å². The third-order valence-corrected chi connectivity index (χ3v) is 5.23. The third kappa shape index (κ3) is 5.15. The van der Waals surface area contributed by atoms with Crippen LogP contribution in [0.1, 0.15) is 61.6 Å². The van der Waals surface area contributed by atoms with Crippen molar-refractivity contribution in [3.05, 3.63) is 65.2 Å². The smallest absolute Gasteiger partial charge is 0.191 e. The molecule has 1 saturated carbocycles. The van der Waals surface area contributed by atoms with Crippen LogP contribution in [0.15, 0.2) is 53.6 Å². The summed E-state index contributed by atoms with van der Waals surface area (Å²) in [5, 5.41) is 8.05. The lowest BCUT2D eigenvalue weighted by Crippen LogP contribution is -2.24. The van der Waals surface area contributed by atoms with Gasteiger partial charge in [0.2, 0.25) is 0 Å². The number of benzene rings is 2. The molecule has 2 aromatic carbocycles. The first kappa shape index (κ1) is 18.6. The van der Waals surface area contributed by atoms with Gasteiger partial charge in [-0.1, -0.05) is 61.2 Å². The Morgan fingerprint density at radius 1 is 0.962 bits per heavy atom. The number of thiocarbonyl (C=S) groups is 1. The maximum Gasteiger partial charge on any atom is 0.191 e. The zero-order valence-corrected chi connectivity index (χ0v) is 16.4. The fourth-order valence-corrected chi connectivity index (χ4v) is 3.59. The summed E-state index contributed by atoms with van der Waals surface area (Å²) in [5.41, 5.74) is 8.62. The molecule has 3 rings (SSSR count). The highest BCUT2D eigenvalue weighted by molar-refractivity contribution is 7.80. The van der Waals surface area contributed by atoms with Gasteiger partial charge in [-0.2, -0.15) is 5.10 Å². The molecule has 0 aliphatic heterocycles. The summed E-state index contributed by atoms with van der Waals surface area (Å²) in [6.07, 6.45) is 6.77. The van der Waals surface area contributed by atoms with Gasteiger partial charge >= 0.3 is 0 Å². The second kappa shape index (κ2) is 8.95. The molecule has 0 spiro atoms. The van der Waals surface area contributed by atoms with Crippen molar-refractivity contribution in [1.82, 2.24) is 5.43 Å². The van der Waals surface area contributed by atoms with E-state index in [1.165, 1.54) is 43.2 Å². The highest BCUT2D eigenvalue weighted by Gasteiger charge is 2.15. The number of hydrogen-bond acceptors (Lipinski definition) is 2. The fraction of sp³-hybridized carbons (Fsp3) is 0.364. The molecule has 0 saturated heterocycles. The molecular formula is C22H27N3S. The van der Waals surface area contributed by atoms with E-state index in [-0.39, 0.29) is 0 Å². The van der Waals surface area contributed by atoms with Crippen LogP contribution in [0.25, 0.3) is 0 Å². The zero-order valence-electron chi connectivity index (χ0n) is 15.6. The summed E-state index contributed by atoms with van der Waals surface area (Å²) in [6, 6.07) is 17.0. The average Bonchev–Trinajstić information content (AvgIpc) is 2.69. The van der Waals surface area contributed by atoms with Crippen LogP contribution in [0.2, 0.25) is 0 Å². The molecule has 2 N–H and O–H groups in total. The van der Waals surface area contributed by atoms with Gasteiger partial charge in [0.15, 0.2) is 5.11 Å². The number of nitrogens with one attached hydrogen (secondary N) is 2. The molecule has 0 amide bonds. The molecule has 0 radical (unpaired) electrons. The Kier molecular flexibility index (Phi) is 6.40. The quantitative estimate of drug-likeness (QED) is 0.411. The Morgan fingerprint density at radius 3 is 2.27 bits per heavy atom. The molecule has 1 aliphatic carbocycles. The van der Waals surface area contributed by atoms with Gasteiger partial charge in [-0.05, 0) is 68.1 Å². The number of hydrazone groups is 1. The minimum absolute atomic E-state index is 0.493. The van der Waals surface area contributed by atoms with Gasteiger partial charge in [0.25, 0.3) is 0 Å². The van der Waals surface area contributed by atoms with Crippen LogP contribution in [0.4, 0.5) is 5.69 Å². The van der Waals surface area contributed by atoms with E-state index < -0.39 is 0 Å². The molecule has 1 aliphatic rings. The number of anilines is 1. The molecule has 0 aromatic heterocycles. The number of nitrogens with zero attached hydrogens (tertiary/aromatic N) is 1. The van der Waals surface area contributed by atoms with E-state index in [9.17, 15) is 0 Å². The lowest BCUT2D eigenvalue weighted by molar-refractivity contribution is 0.443. The van der Waals surface area contributed by atoms with Gasteiger partial charge < -0.3 is 5.32 Å². The summed E-state index contributed by atoms with van der Waals surface area (Å²) < 4.78 is 0. The van der Waals surface area contributed by atoms with E-state index >= 15 is 0 Å². The normalized spacial score (nSPS) is 15.5. The second-order valence-corrected chi connectivity index (χ2v) is 7.49. The molecule has 0 unspecified atom stereocenters. The average molecular weight is 366 g/mol. The van der Waals surface area contributed by atoms with Gasteiger partial charge in [-0.3, -0.25) is 5.43 Å². The van der Waals surface area contributed by atoms with E-state index in [0.717, 1.165) is 22.9 Å². The highest BCUT2D eigenvalue weighted by Crippen LogP contribution is 2.32. The lowest BCUT2D eigenvalue weighted by atomic mass is 9.84. The molecule has 4 heteroatoms. The molecule has 0 atom stereocenters. The van der Waals surface area contributed by atoms with Crippen molar-refractivity contribution in [2.75, 3.05) is 5.32 Å². The van der Waals surface area contributed by atoms with Gasteiger partial charge in [0.05, 0.1) is 5.71 Å². The largest absolute Gasteiger partial charge is 0.331 e. The molecule has 0 heterocycles. The maximum atomic E-state index is 5.31. The summed E-state index contributed by atoms with van der Waals surface area (Å²) >= 11 is 5.31. The Hall–Kier alpha value is -2.20. The minimum Gasteiger partial charge on any atom is -0.331 e. The first-order valence-electron chi connectivity index (χ1n) is 9.40. The third-order valence-electron chi connectivity index (χ3n) is 5.04. The molecule has 2 aromatic rings. The molecule has 0 bridgehead atoms. The standard InChI is InChI=1S/C22H27N3S/c1-16-8-14-21(15-9-16)23-22(26)25-24-17(2)18-10-12-20(13-11-18)19-6-4-3-5-7-19/h8-15,19H,3-7H2,1-2H3,(H2,23,25,26)/b24-17+. The van der Waals surface area contributed by atoms with Crippen LogP contribution in [-0.2, 0) is 0 Å². The van der Waals surface area contributed by atoms with E-state index in [1.54, 1.807) is 0 Å². The topological polar surface area (TPSA) is 36.4 Å². The predicted molar refractivity (Wildman–Crippen MR) is 115 cm³/mol. The first-order chi connectivity index (χ1) is 12.6. The summed E-state index contributed by atoms with van der Waals surface area (Å²) in [7, 11) is 0. The van der Waals surface area contributed by atoms with Crippen molar-refractivity contribution in [2.45, 2.75) is 51.9 Å². The van der Waals surface area contributed by atoms with Crippen LogP contribution in [0, 0.1) is 6.92 Å². The van der Waals surface area contributed by atoms with Gasteiger partial charge in [-0.15, -0.1) is 0 Å². The Morgan fingerprint density at radius 2 is 1.62 bits per heavy atom. The molecule has 136 valence electrons. The first-order valence-corrected chi connectivity index (χ1v) is 9.81.